The van der Waals surface area contributed by atoms with Crippen molar-refractivity contribution in [2.24, 2.45) is 0 Å². The monoisotopic (exact) mass is 315 g/mol. The van der Waals surface area contributed by atoms with E-state index >= 15 is 0 Å². The van der Waals surface area contributed by atoms with Crippen molar-refractivity contribution >= 4 is 18.3 Å². The number of nitrogens with one attached hydrogen (secondary N) is 2. The Hall–Kier alpha value is -1.04. The first kappa shape index (κ1) is 18.0. The fourth-order valence-corrected chi connectivity index (χ4v) is 2.73. The summed E-state index contributed by atoms with van der Waals surface area (Å²) in [6, 6.07) is 4.16. The lowest BCUT2D eigenvalue weighted by Gasteiger charge is -2.26. The maximum atomic E-state index is 12.2. The van der Waals surface area contributed by atoms with Crippen LogP contribution < -0.4 is 10.6 Å². The fraction of sp³-hybridized carbons (Fsp3) is 0.667. The van der Waals surface area contributed by atoms with Gasteiger partial charge in [-0.05, 0) is 44.5 Å². The number of hydrogen-bond acceptors (Lipinski definition) is 3. The van der Waals surface area contributed by atoms with Gasteiger partial charge >= 0.3 is 0 Å². The van der Waals surface area contributed by atoms with Gasteiger partial charge in [0, 0.05) is 18.8 Å². The summed E-state index contributed by atoms with van der Waals surface area (Å²) >= 11 is 0. The molecule has 2 heterocycles. The largest absolute Gasteiger partial charge is 0.391 e. The second kappa shape index (κ2) is 9.07. The quantitative estimate of drug-likeness (QED) is 0.749. The molecule has 21 heavy (non-hydrogen) atoms. The van der Waals surface area contributed by atoms with E-state index in [-0.39, 0.29) is 18.3 Å². The van der Waals surface area contributed by atoms with Gasteiger partial charge in [-0.15, -0.1) is 12.4 Å². The lowest BCUT2D eigenvalue weighted by molar-refractivity contribution is 0.0897. The third kappa shape index (κ3) is 5.02. The number of aromatic nitrogens is 1. The summed E-state index contributed by atoms with van der Waals surface area (Å²) in [5.41, 5.74) is 0.695. The first-order chi connectivity index (χ1) is 9.72. The van der Waals surface area contributed by atoms with Gasteiger partial charge in [0.05, 0.1) is 6.10 Å². The predicted molar refractivity (Wildman–Crippen MR) is 86.1 cm³/mol. The Morgan fingerprint density at radius 2 is 2.24 bits per heavy atom. The van der Waals surface area contributed by atoms with Crippen LogP contribution in [-0.4, -0.2) is 41.3 Å². The summed E-state index contributed by atoms with van der Waals surface area (Å²) in [7, 11) is 0. The van der Waals surface area contributed by atoms with E-state index in [0.29, 0.717) is 18.3 Å². The number of amides is 1. The fourth-order valence-electron chi connectivity index (χ4n) is 2.73. The Bertz CT molecular complexity index is 430. The van der Waals surface area contributed by atoms with E-state index in [0.717, 1.165) is 38.8 Å². The standard InChI is InChI=1S/C15H25N3O2.ClH/c1-2-4-13(19)11-17-15(20)14-5-3-10-18(14)12-6-8-16-9-7-12;/h3,5,10,12-13,16,19H,2,4,6-9,11H2,1H3,(H,17,20);1H. The maximum absolute atomic E-state index is 12.2. The minimum Gasteiger partial charge on any atom is -0.391 e. The SMILES string of the molecule is CCCC(O)CNC(=O)c1cccn1C1CCNCC1.Cl. The summed E-state index contributed by atoms with van der Waals surface area (Å²) in [6.07, 6.45) is 5.26. The van der Waals surface area contributed by atoms with E-state index in [1.807, 2.05) is 25.3 Å². The van der Waals surface area contributed by atoms with Crippen molar-refractivity contribution in [2.45, 2.75) is 44.8 Å². The highest BCUT2D eigenvalue weighted by atomic mass is 35.5. The van der Waals surface area contributed by atoms with E-state index in [2.05, 4.69) is 15.2 Å². The summed E-state index contributed by atoms with van der Waals surface area (Å²) in [6.45, 7) is 4.34. The highest BCUT2D eigenvalue weighted by molar-refractivity contribution is 5.92. The molecule has 1 atom stereocenters. The van der Waals surface area contributed by atoms with Crippen LogP contribution >= 0.6 is 12.4 Å². The first-order valence-corrected chi connectivity index (χ1v) is 7.56. The molecule has 0 aromatic carbocycles. The van der Waals surface area contributed by atoms with E-state index in [9.17, 15) is 9.90 Å². The van der Waals surface area contributed by atoms with Crippen molar-refractivity contribution in [1.82, 2.24) is 15.2 Å². The minimum atomic E-state index is -0.453. The summed E-state index contributed by atoms with van der Waals surface area (Å²) in [4.78, 5) is 12.2. The van der Waals surface area contributed by atoms with Crippen LogP contribution in [0.2, 0.25) is 0 Å². The van der Waals surface area contributed by atoms with E-state index < -0.39 is 6.10 Å². The zero-order valence-electron chi connectivity index (χ0n) is 12.5. The molecule has 1 aliphatic heterocycles. The number of rotatable bonds is 6. The average Bonchev–Trinajstić information content (AvgIpc) is 2.95. The van der Waals surface area contributed by atoms with Crippen molar-refractivity contribution in [3.8, 4) is 0 Å². The van der Waals surface area contributed by atoms with Crippen LogP contribution in [0.25, 0.3) is 0 Å². The molecule has 6 heteroatoms. The average molecular weight is 316 g/mol. The molecule has 1 unspecified atom stereocenters. The first-order valence-electron chi connectivity index (χ1n) is 7.56. The lowest BCUT2D eigenvalue weighted by Crippen LogP contribution is -2.35. The Morgan fingerprint density at radius 1 is 1.52 bits per heavy atom. The molecule has 1 aliphatic rings. The van der Waals surface area contributed by atoms with Crippen molar-refractivity contribution in [1.29, 1.82) is 0 Å². The molecular weight excluding hydrogens is 290 g/mol. The summed E-state index contributed by atoms with van der Waals surface area (Å²) in [5, 5.41) is 15.8. The van der Waals surface area contributed by atoms with Gasteiger partial charge in [-0.3, -0.25) is 4.79 Å². The van der Waals surface area contributed by atoms with Crippen LogP contribution in [0.5, 0.6) is 0 Å². The maximum Gasteiger partial charge on any atom is 0.268 e. The van der Waals surface area contributed by atoms with E-state index in [1.165, 1.54) is 0 Å². The number of hydrogen-bond donors (Lipinski definition) is 3. The van der Waals surface area contributed by atoms with Gasteiger partial charge in [0.2, 0.25) is 0 Å². The molecule has 1 aromatic heterocycles. The number of carbonyl (C=O) groups is 1. The number of aliphatic hydroxyl groups excluding tert-OH is 1. The molecule has 2 rings (SSSR count). The normalized spacial score (nSPS) is 17.0. The van der Waals surface area contributed by atoms with Crippen LogP contribution in [-0.2, 0) is 0 Å². The van der Waals surface area contributed by atoms with Gasteiger partial charge < -0.3 is 20.3 Å². The lowest BCUT2D eigenvalue weighted by atomic mass is 10.1. The van der Waals surface area contributed by atoms with E-state index in [1.54, 1.807) is 0 Å². The number of halogens is 1. The third-order valence-electron chi connectivity index (χ3n) is 3.83. The molecule has 1 fully saturated rings. The van der Waals surface area contributed by atoms with Crippen molar-refractivity contribution < 1.29 is 9.90 Å². The van der Waals surface area contributed by atoms with Gasteiger partial charge in [0.1, 0.15) is 5.69 Å². The van der Waals surface area contributed by atoms with Crippen LogP contribution in [0.1, 0.15) is 49.1 Å². The molecule has 0 aliphatic carbocycles. The molecule has 0 bridgehead atoms. The van der Waals surface area contributed by atoms with E-state index in [4.69, 9.17) is 0 Å². The molecular formula is C15H26ClN3O2. The predicted octanol–water partition coefficient (Wildman–Crippen LogP) is 1.73. The van der Waals surface area contributed by atoms with Crippen LogP contribution in [0, 0.1) is 0 Å². The second-order valence-corrected chi connectivity index (χ2v) is 5.43. The molecule has 1 saturated heterocycles. The number of piperidine rings is 1. The Kier molecular flexibility index (Phi) is 7.78. The molecule has 5 nitrogen and oxygen atoms in total. The van der Waals surface area contributed by atoms with Crippen LogP contribution in [0.3, 0.4) is 0 Å². The molecule has 0 radical (unpaired) electrons. The van der Waals surface area contributed by atoms with Crippen molar-refractivity contribution in [3.05, 3.63) is 24.0 Å². The van der Waals surface area contributed by atoms with Crippen LogP contribution in [0.15, 0.2) is 18.3 Å². The van der Waals surface area contributed by atoms with Gasteiger partial charge in [-0.2, -0.15) is 0 Å². The second-order valence-electron chi connectivity index (χ2n) is 5.43. The zero-order valence-corrected chi connectivity index (χ0v) is 13.4. The number of carbonyl (C=O) groups excluding carboxylic acids is 1. The number of aliphatic hydroxyl groups is 1. The zero-order chi connectivity index (χ0) is 14.4. The Morgan fingerprint density at radius 3 is 2.90 bits per heavy atom. The molecule has 120 valence electrons. The molecule has 0 spiro atoms. The van der Waals surface area contributed by atoms with Crippen molar-refractivity contribution in [2.75, 3.05) is 19.6 Å². The highest BCUT2D eigenvalue weighted by Gasteiger charge is 2.20. The van der Waals surface area contributed by atoms with Crippen LogP contribution in [0.4, 0.5) is 0 Å². The number of nitrogens with zero attached hydrogens (tertiary/aromatic N) is 1. The molecule has 1 aromatic rings. The Labute approximate surface area is 132 Å². The molecule has 1 amide bonds. The minimum absolute atomic E-state index is 0. The van der Waals surface area contributed by atoms with Gasteiger partial charge in [-0.25, -0.2) is 0 Å². The smallest absolute Gasteiger partial charge is 0.268 e. The summed E-state index contributed by atoms with van der Waals surface area (Å²) in [5.74, 6) is -0.0938. The topological polar surface area (TPSA) is 66.3 Å². The third-order valence-corrected chi connectivity index (χ3v) is 3.83. The van der Waals surface area contributed by atoms with Gasteiger partial charge in [-0.1, -0.05) is 13.3 Å². The summed E-state index contributed by atoms with van der Waals surface area (Å²) < 4.78 is 2.07. The van der Waals surface area contributed by atoms with Gasteiger partial charge in [0.25, 0.3) is 5.91 Å². The highest BCUT2D eigenvalue weighted by Crippen LogP contribution is 2.21. The molecule has 3 N–H and O–H groups in total. The molecule has 0 saturated carbocycles. The van der Waals surface area contributed by atoms with Gasteiger partial charge in [0.15, 0.2) is 0 Å². The van der Waals surface area contributed by atoms with Crippen molar-refractivity contribution in [3.63, 3.8) is 0 Å². The Balaban J connectivity index is 0.00000220.